The van der Waals surface area contributed by atoms with Crippen molar-refractivity contribution in [1.82, 2.24) is 0 Å². The largest absolute Gasteiger partial charge is 0.643 e. The van der Waals surface area contributed by atoms with Crippen molar-refractivity contribution in [2.24, 2.45) is 0 Å². The fourth-order valence-electron chi connectivity index (χ4n) is 5.92. The Kier molecular flexibility index (Phi) is 17.8. The second-order valence-electron chi connectivity index (χ2n) is 11.6. The molecular formula is C34H50AlCl3O4. The molecule has 234 valence electrons. The van der Waals surface area contributed by atoms with Gasteiger partial charge in [0.05, 0.1) is 6.10 Å². The van der Waals surface area contributed by atoms with Crippen LogP contribution in [0.2, 0.25) is 0 Å². The number of hydrogen-bond donors (Lipinski definition) is 1. The number of halogens is 3. The molecule has 0 saturated heterocycles. The zero-order valence-electron chi connectivity index (χ0n) is 25.5. The van der Waals surface area contributed by atoms with Crippen LogP contribution in [0.5, 0.6) is 11.5 Å². The summed E-state index contributed by atoms with van der Waals surface area (Å²) in [7, 11) is 14.8. The molecule has 2 fully saturated rings. The van der Waals surface area contributed by atoms with E-state index in [2.05, 4.69) is 13.0 Å². The van der Waals surface area contributed by atoms with E-state index in [1.807, 2.05) is 32.9 Å². The minimum absolute atomic E-state index is 0. The van der Waals surface area contributed by atoms with Crippen LogP contribution in [-0.4, -0.2) is 34.2 Å². The number of aromatic hydroxyl groups is 1. The summed E-state index contributed by atoms with van der Waals surface area (Å²) in [5.41, 5.74) is 5.97. The first-order chi connectivity index (χ1) is 19.3. The van der Waals surface area contributed by atoms with E-state index in [0.29, 0.717) is 17.4 Å². The van der Waals surface area contributed by atoms with Gasteiger partial charge in [-0.1, -0.05) is 58.1 Å². The van der Waals surface area contributed by atoms with Crippen molar-refractivity contribution in [3.8, 4) is 11.5 Å². The number of phenolic OH excluding ortho intramolecular Hbond substituents is 1. The highest BCUT2D eigenvalue weighted by atomic mass is 35.8. The standard InChI is InChI=1S/C18H26O2.C15H20O2.CH4.Al.3ClH/c1-12(2)20-18-11-16(14(4)19)17(10-13(18)3)15-8-6-5-7-9-15;1-10-8-14(12-6-4-3-5-7-12)13(11(2)16)9-15(10)17;;;;;/h10-12,15H,5-9H2,1-4H3;8-9,12,17H,3-7H2,1-2H3;1H4;;3*1H/q;;;+3;;;/p-3. The molecule has 1 N–H and O–H groups in total. The quantitative estimate of drug-likeness (QED) is 0.248. The molecule has 0 aliphatic heterocycles. The van der Waals surface area contributed by atoms with Gasteiger partial charge in [0.25, 0.3) is 0 Å². The van der Waals surface area contributed by atoms with Gasteiger partial charge < -0.3 is 9.84 Å². The molecule has 0 amide bonds. The molecule has 42 heavy (non-hydrogen) atoms. The number of aryl methyl sites for hydroxylation is 2. The molecule has 0 bridgehead atoms. The lowest BCUT2D eigenvalue weighted by atomic mass is 9.81. The SMILES string of the molecule is C.CC(=O)c1cc(O)c(C)cc1C1CCCCC1.CC(=O)c1cc(OC(C)C)c(C)cc1C1CCCCC1.[Cl][Al]([Cl])[Cl]. The highest BCUT2D eigenvalue weighted by Crippen LogP contribution is 2.38. The number of ether oxygens (including phenoxy) is 1. The molecule has 0 aromatic heterocycles. The number of benzene rings is 2. The first-order valence-electron chi connectivity index (χ1n) is 14.9. The Hall–Kier alpha value is -1.22. The third-order valence-electron chi connectivity index (χ3n) is 7.93. The average Bonchev–Trinajstić information content (AvgIpc) is 2.91. The molecule has 0 radical (unpaired) electrons. The van der Waals surface area contributed by atoms with Crippen molar-refractivity contribution in [2.45, 2.75) is 131 Å². The number of carbonyl (C=O) groups is 2. The minimum atomic E-state index is -1.72. The topological polar surface area (TPSA) is 63.6 Å². The molecule has 0 spiro atoms. The Morgan fingerprint density at radius 3 is 1.52 bits per heavy atom. The highest BCUT2D eigenvalue weighted by molar-refractivity contribution is 7.54. The van der Waals surface area contributed by atoms with Crippen molar-refractivity contribution in [3.05, 3.63) is 57.6 Å². The van der Waals surface area contributed by atoms with Crippen LogP contribution in [0.15, 0.2) is 24.3 Å². The van der Waals surface area contributed by atoms with Crippen molar-refractivity contribution < 1.29 is 19.4 Å². The molecule has 2 aromatic carbocycles. The second kappa shape index (κ2) is 19.2. The number of hydrogen-bond acceptors (Lipinski definition) is 4. The summed E-state index contributed by atoms with van der Waals surface area (Å²) in [6.07, 6.45) is 12.6. The van der Waals surface area contributed by atoms with Gasteiger partial charge in [-0.05, 0) is 113 Å². The van der Waals surface area contributed by atoms with Crippen molar-refractivity contribution in [3.63, 3.8) is 0 Å². The Balaban J connectivity index is 0.000000368. The van der Waals surface area contributed by atoms with Gasteiger partial charge in [0, 0.05) is 11.1 Å². The summed E-state index contributed by atoms with van der Waals surface area (Å²) in [5.74, 6) is 2.34. The lowest BCUT2D eigenvalue weighted by Crippen LogP contribution is -2.12. The minimum Gasteiger partial charge on any atom is -0.508 e. The van der Waals surface area contributed by atoms with Crippen molar-refractivity contribution in [2.75, 3.05) is 0 Å². The van der Waals surface area contributed by atoms with Gasteiger partial charge in [-0.25, -0.2) is 30.1 Å². The number of Topliss-reactive ketones (excluding diaryl/α,β-unsaturated/α-hetero) is 2. The van der Waals surface area contributed by atoms with E-state index < -0.39 is 11.4 Å². The summed E-state index contributed by atoms with van der Waals surface area (Å²) in [6.45, 7) is 11.2. The Labute approximate surface area is 271 Å². The van der Waals surface area contributed by atoms with E-state index in [9.17, 15) is 14.7 Å². The Morgan fingerprint density at radius 2 is 1.14 bits per heavy atom. The van der Waals surface area contributed by atoms with Gasteiger partial charge in [0.2, 0.25) is 0 Å². The molecule has 4 nitrogen and oxygen atoms in total. The van der Waals surface area contributed by atoms with Crippen LogP contribution in [0.1, 0.15) is 154 Å². The molecule has 2 saturated carbocycles. The first-order valence-corrected chi connectivity index (χ1v) is 20.1. The molecule has 0 heterocycles. The maximum Gasteiger partial charge on any atom is 0.643 e. The van der Waals surface area contributed by atoms with Crippen molar-refractivity contribution >= 4 is 53.1 Å². The van der Waals surface area contributed by atoms with E-state index in [4.69, 9.17) is 34.9 Å². The van der Waals surface area contributed by atoms with Gasteiger partial charge >= 0.3 is 11.4 Å². The predicted molar refractivity (Wildman–Crippen MR) is 181 cm³/mol. The highest BCUT2D eigenvalue weighted by Gasteiger charge is 2.23. The summed E-state index contributed by atoms with van der Waals surface area (Å²) < 4.78 is 5.83. The molecular weight excluding hydrogens is 606 g/mol. The van der Waals surface area contributed by atoms with Gasteiger partial charge in [0.1, 0.15) is 11.5 Å². The summed E-state index contributed by atoms with van der Waals surface area (Å²) in [6, 6.07) is 7.79. The van der Waals surface area contributed by atoms with Crippen LogP contribution in [0.3, 0.4) is 0 Å². The lowest BCUT2D eigenvalue weighted by molar-refractivity contribution is 0.100. The zero-order chi connectivity index (χ0) is 30.7. The van der Waals surface area contributed by atoms with Crippen LogP contribution in [0, 0.1) is 13.8 Å². The van der Waals surface area contributed by atoms with Crippen LogP contribution in [0.4, 0.5) is 0 Å². The number of ketones is 2. The maximum absolute atomic E-state index is 12.0. The van der Waals surface area contributed by atoms with E-state index >= 15 is 0 Å². The van der Waals surface area contributed by atoms with Crippen LogP contribution < -0.4 is 4.74 Å². The molecule has 2 aliphatic rings. The number of carbonyl (C=O) groups excluding carboxylic acids is 2. The Morgan fingerprint density at radius 1 is 0.762 bits per heavy atom. The van der Waals surface area contributed by atoms with E-state index in [-0.39, 0.29) is 30.8 Å². The van der Waals surface area contributed by atoms with Crippen molar-refractivity contribution in [1.29, 1.82) is 0 Å². The predicted octanol–water partition coefficient (Wildman–Crippen LogP) is 11.3. The van der Waals surface area contributed by atoms with Crippen LogP contribution in [-0.2, 0) is 0 Å². The van der Waals surface area contributed by atoms with Gasteiger partial charge in [-0.3, -0.25) is 9.59 Å². The monoisotopic (exact) mass is 654 g/mol. The number of phenols is 1. The van der Waals surface area contributed by atoms with E-state index in [0.717, 1.165) is 28.0 Å². The molecule has 0 unspecified atom stereocenters. The van der Waals surface area contributed by atoms with Crippen LogP contribution >= 0.6 is 30.1 Å². The smallest absolute Gasteiger partial charge is 0.508 e. The van der Waals surface area contributed by atoms with Gasteiger partial charge in [-0.15, -0.1) is 0 Å². The summed E-state index contributed by atoms with van der Waals surface area (Å²) >= 11 is -1.72. The lowest BCUT2D eigenvalue weighted by Gasteiger charge is -2.25. The van der Waals surface area contributed by atoms with E-state index in [1.165, 1.54) is 69.8 Å². The number of rotatable bonds is 6. The fraction of sp³-hybridized carbons (Fsp3) is 0.588. The normalized spacial score (nSPS) is 15.4. The summed E-state index contributed by atoms with van der Waals surface area (Å²) in [4.78, 5) is 23.7. The average molecular weight is 656 g/mol. The molecule has 2 aliphatic carbocycles. The van der Waals surface area contributed by atoms with E-state index in [1.54, 1.807) is 19.9 Å². The zero-order valence-corrected chi connectivity index (χ0v) is 28.9. The fourth-order valence-corrected chi connectivity index (χ4v) is 5.92. The molecule has 2 aromatic rings. The first kappa shape index (κ1) is 38.8. The van der Waals surface area contributed by atoms with Gasteiger partial charge in [-0.2, -0.15) is 0 Å². The summed E-state index contributed by atoms with van der Waals surface area (Å²) in [5, 5.41) is 9.72. The third kappa shape index (κ3) is 12.4. The van der Waals surface area contributed by atoms with Crippen LogP contribution in [0.25, 0.3) is 0 Å². The van der Waals surface area contributed by atoms with Gasteiger partial charge in [0.15, 0.2) is 11.6 Å². The molecule has 4 rings (SSSR count). The maximum atomic E-state index is 12.0. The second-order valence-corrected chi connectivity index (χ2v) is 18.1. The molecule has 8 heteroatoms. The Bertz CT molecular complexity index is 1150. The molecule has 0 atom stereocenters. The third-order valence-corrected chi connectivity index (χ3v) is 7.93.